The lowest BCUT2D eigenvalue weighted by molar-refractivity contribution is -0.234. The van der Waals surface area contributed by atoms with Crippen LogP contribution in [0.5, 0.6) is 0 Å². The Morgan fingerprint density at radius 3 is 1.74 bits per heavy atom. The van der Waals surface area contributed by atoms with Gasteiger partial charge >= 0.3 is 0 Å². The second-order valence-corrected chi connectivity index (χ2v) is 6.79. The number of unbranched alkanes of at least 4 members (excludes halogenated alkanes) is 7. The van der Waals surface area contributed by atoms with Gasteiger partial charge in [0.2, 0.25) is 0 Å². The van der Waals surface area contributed by atoms with E-state index in [1.165, 1.54) is 38.5 Å². The summed E-state index contributed by atoms with van der Waals surface area (Å²) in [6, 6.07) is 0. The van der Waals surface area contributed by atoms with E-state index >= 15 is 0 Å². The summed E-state index contributed by atoms with van der Waals surface area (Å²) in [6.45, 7) is 14.5. The molecule has 2 nitrogen and oxygen atoms in total. The van der Waals surface area contributed by atoms with Crippen molar-refractivity contribution in [1.29, 1.82) is 0 Å². The van der Waals surface area contributed by atoms with Gasteiger partial charge in [0.25, 0.3) is 0 Å². The summed E-state index contributed by atoms with van der Waals surface area (Å²) in [6.07, 6.45) is 15.5. The van der Waals surface area contributed by atoms with E-state index in [-0.39, 0.29) is 0 Å². The highest BCUT2D eigenvalue weighted by molar-refractivity contribution is 4.94. The molecule has 0 heterocycles. The predicted octanol–water partition coefficient (Wildman–Crippen LogP) is 6.89. The van der Waals surface area contributed by atoms with Gasteiger partial charge in [0, 0.05) is 5.92 Å². The second-order valence-electron chi connectivity index (χ2n) is 6.79. The van der Waals surface area contributed by atoms with Gasteiger partial charge in [-0.25, -0.2) is 0 Å². The molecule has 0 aromatic carbocycles. The highest BCUT2D eigenvalue weighted by atomic mass is 16.7. The van der Waals surface area contributed by atoms with Crippen molar-refractivity contribution in [3.8, 4) is 0 Å². The zero-order chi connectivity index (χ0) is 17.4. The van der Waals surface area contributed by atoms with E-state index < -0.39 is 5.79 Å². The van der Waals surface area contributed by atoms with Gasteiger partial charge in [0.05, 0.1) is 13.2 Å². The van der Waals surface area contributed by atoms with Gasteiger partial charge in [0.1, 0.15) is 0 Å². The fourth-order valence-electron chi connectivity index (χ4n) is 2.83. The van der Waals surface area contributed by atoms with E-state index in [9.17, 15) is 0 Å². The van der Waals surface area contributed by atoms with Crippen LogP contribution >= 0.6 is 0 Å². The molecule has 0 spiro atoms. The number of hydrogen-bond acceptors (Lipinski definition) is 2. The quantitative estimate of drug-likeness (QED) is 0.165. The van der Waals surface area contributed by atoms with Crippen molar-refractivity contribution in [2.24, 2.45) is 5.92 Å². The topological polar surface area (TPSA) is 18.5 Å². The SMILES string of the molecule is C=CC(OCCCC)(OCCCC)C(C)CCCCCCCC. The third-order valence-electron chi connectivity index (χ3n) is 4.61. The largest absolute Gasteiger partial charge is 0.346 e. The standard InChI is InChI=1S/C21H42O2/c1-6-10-13-14-15-16-17-20(5)21(9-4,22-18-11-7-2)23-19-12-8-3/h9,20H,4,6-8,10-19H2,1-3,5H3. The van der Waals surface area contributed by atoms with Gasteiger partial charge in [-0.1, -0.05) is 85.6 Å². The Morgan fingerprint density at radius 1 is 0.783 bits per heavy atom. The molecule has 23 heavy (non-hydrogen) atoms. The van der Waals surface area contributed by atoms with Gasteiger partial charge in [0.15, 0.2) is 5.79 Å². The van der Waals surface area contributed by atoms with Crippen LogP contribution in [-0.2, 0) is 9.47 Å². The van der Waals surface area contributed by atoms with Crippen molar-refractivity contribution in [2.75, 3.05) is 13.2 Å². The highest BCUT2D eigenvalue weighted by Crippen LogP contribution is 2.30. The Kier molecular flexibility index (Phi) is 15.0. The average molecular weight is 327 g/mol. The van der Waals surface area contributed by atoms with Crippen LogP contribution in [0.25, 0.3) is 0 Å². The molecular formula is C21H42O2. The first-order valence-corrected chi connectivity index (χ1v) is 10.1. The van der Waals surface area contributed by atoms with Crippen molar-refractivity contribution in [3.05, 3.63) is 12.7 Å². The number of hydrogen-bond donors (Lipinski definition) is 0. The second kappa shape index (κ2) is 15.2. The fourth-order valence-corrected chi connectivity index (χ4v) is 2.83. The smallest absolute Gasteiger partial charge is 0.190 e. The maximum Gasteiger partial charge on any atom is 0.190 e. The fraction of sp³-hybridized carbons (Fsp3) is 0.905. The molecule has 0 saturated carbocycles. The normalized spacial score (nSPS) is 13.2. The van der Waals surface area contributed by atoms with Crippen LogP contribution in [0.3, 0.4) is 0 Å². The van der Waals surface area contributed by atoms with Crippen LogP contribution in [0, 0.1) is 5.92 Å². The number of ether oxygens (including phenoxy) is 2. The molecule has 0 fully saturated rings. The van der Waals surface area contributed by atoms with Gasteiger partial charge in [-0.15, -0.1) is 0 Å². The molecule has 2 heteroatoms. The molecule has 0 bridgehead atoms. The van der Waals surface area contributed by atoms with Crippen molar-refractivity contribution in [1.82, 2.24) is 0 Å². The first-order chi connectivity index (χ1) is 11.2. The zero-order valence-corrected chi connectivity index (χ0v) is 16.4. The summed E-state index contributed by atoms with van der Waals surface area (Å²) in [5.74, 6) is -0.229. The Labute approximate surface area is 146 Å². The molecule has 138 valence electrons. The van der Waals surface area contributed by atoms with Gasteiger partial charge in [-0.2, -0.15) is 0 Å². The summed E-state index contributed by atoms with van der Waals surface area (Å²) < 4.78 is 12.4. The van der Waals surface area contributed by atoms with Crippen LogP contribution in [0.4, 0.5) is 0 Å². The molecule has 0 aromatic heterocycles. The Hall–Kier alpha value is -0.340. The minimum atomic E-state index is -0.590. The van der Waals surface area contributed by atoms with E-state index in [1.807, 2.05) is 6.08 Å². The van der Waals surface area contributed by atoms with Crippen LogP contribution in [0.1, 0.15) is 98.3 Å². The van der Waals surface area contributed by atoms with Crippen LogP contribution < -0.4 is 0 Å². The molecule has 0 aliphatic rings. The van der Waals surface area contributed by atoms with Crippen molar-refractivity contribution < 1.29 is 9.47 Å². The Balaban J connectivity index is 4.39. The zero-order valence-electron chi connectivity index (χ0n) is 16.4. The Bertz CT molecular complexity index is 253. The molecule has 0 amide bonds. The molecule has 0 aliphatic heterocycles. The lowest BCUT2D eigenvalue weighted by Gasteiger charge is -2.36. The predicted molar refractivity (Wildman–Crippen MR) is 102 cm³/mol. The molecule has 1 atom stereocenters. The first kappa shape index (κ1) is 22.7. The van der Waals surface area contributed by atoms with E-state index in [0.29, 0.717) is 5.92 Å². The maximum atomic E-state index is 6.18. The third kappa shape index (κ3) is 10.2. The van der Waals surface area contributed by atoms with Gasteiger partial charge < -0.3 is 9.47 Å². The molecule has 0 radical (unpaired) electrons. The van der Waals surface area contributed by atoms with Crippen LogP contribution in [0.2, 0.25) is 0 Å². The lowest BCUT2D eigenvalue weighted by atomic mass is 9.93. The summed E-state index contributed by atoms with van der Waals surface area (Å²) in [4.78, 5) is 0. The van der Waals surface area contributed by atoms with Crippen molar-refractivity contribution in [3.63, 3.8) is 0 Å². The van der Waals surface area contributed by atoms with Crippen LogP contribution in [0.15, 0.2) is 12.7 Å². The Morgan fingerprint density at radius 2 is 1.26 bits per heavy atom. The monoisotopic (exact) mass is 326 g/mol. The van der Waals surface area contributed by atoms with Gasteiger partial charge in [-0.3, -0.25) is 0 Å². The summed E-state index contributed by atoms with van der Waals surface area (Å²) >= 11 is 0. The van der Waals surface area contributed by atoms with Crippen LogP contribution in [-0.4, -0.2) is 19.0 Å². The average Bonchev–Trinajstić information content (AvgIpc) is 2.56. The van der Waals surface area contributed by atoms with Crippen molar-refractivity contribution >= 4 is 0 Å². The molecule has 0 saturated heterocycles. The van der Waals surface area contributed by atoms with E-state index in [0.717, 1.165) is 45.3 Å². The van der Waals surface area contributed by atoms with E-state index in [1.54, 1.807) is 0 Å². The molecule has 1 unspecified atom stereocenters. The molecular weight excluding hydrogens is 284 g/mol. The molecule has 0 rings (SSSR count). The minimum absolute atomic E-state index is 0.361. The molecule has 0 aromatic rings. The lowest BCUT2D eigenvalue weighted by Crippen LogP contribution is -2.41. The first-order valence-electron chi connectivity index (χ1n) is 10.1. The minimum Gasteiger partial charge on any atom is -0.346 e. The third-order valence-corrected chi connectivity index (χ3v) is 4.61. The van der Waals surface area contributed by atoms with Gasteiger partial charge in [-0.05, 0) is 25.3 Å². The highest BCUT2D eigenvalue weighted by Gasteiger charge is 2.34. The molecule has 0 aliphatic carbocycles. The summed E-state index contributed by atoms with van der Waals surface area (Å²) in [5, 5.41) is 0. The van der Waals surface area contributed by atoms with E-state index in [2.05, 4.69) is 34.3 Å². The maximum absolute atomic E-state index is 6.18. The number of rotatable bonds is 17. The summed E-state index contributed by atoms with van der Waals surface area (Å²) in [7, 11) is 0. The molecule has 0 N–H and O–H groups in total. The summed E-state index contributed by atoms with van der Waals surface area (Å²) in [5.41, 5.74) is 0. The van der Waals surface area contributed by atoms with Crippen molar-refractivity contribution in [2.45, 2.75) is 104 Å². The van der Waals surface area contributed by atoms with E-state index in [4.69, 9.17) is 9.47 Å².